The van der Waals surface area contributed by atoms with Gasteiger partial charge in [-0.1, -0.05) is 0 Å². The molecule has 0 radical (unpaired) electrons. The number of H-pyrrole nitrogens is 1. The summed E-state index contributed by atoms with van der Waals surface area (Å²) in [6.45, 7) is 0. The Hall–Kier alpha value is -1.90. The number of amides is 1. The molecule has 3 N–H and O–H groups in total. The zero-order valence-electron chi connectivity index (χ0n) is 9.92. The third kappa shape index (κ3) is 3.53. The molecule has 1 aliphatic heterocycles. The molecule has 0 aliphatic carbocycles. The largest absolute Gasteiger partial charge is 0.477 e. The van der Waals surface area contributed by atoms with E-state index in [9.17, 15) is 18.0 Å². The first-order valence-electron chi connectivity index (χ1n) is 5.65. The van der Waals surface area contributed by atoms with Crippen LogP contribution in [0.15, 0.2) is 6.07 Å². The minimum absolute atomic E-state index is 0.0291. The van der Waals surface area contributed by atoms with Crippen molar-refractivity contribution in [3.05, 3.63) is 11.8 Å². The number of nitrogens with one attached hydrogen (secondary N) is 2. The number of nitrogens with zero attached hydrogens (tertiary/aromatic N) is 1. The van der Waals surface area contributed by atoms with Crippen LogP contribution in [0.2, 0.25) is 0 Å². The fourth-order valence-corrected chi connectivity index (χ4v) is 3.85. The van der Waals surface area contributed by atoms with E-state index in [-0.39, 0.29) is 41.3 Å². The predicted molar refractivity (Wildman–Crippen MR) is 65.6 cm³/mol. The zero-order chi connectivity index (χ0) is 14.0. The lowest BCUT2D eigenvalue weighted by molar-refractivity contribution is -0.116. The van der Waals surface area contributed by atoms with Gasteiger partial charge in [0.05, 0.1) is 11.5 Å². The van der Waals surface area contributed by atoms with Crippen LogP contribution in [0.4, 0.5) is 5.82 Å². The molecule has 9 heteroatoms. The van der Waals surface area contributed by atoms with Gasteiger partial charge in [-0.25, -0.2) is 13.2 Å². The van der Waals surface area contributed by atoms with E-state index >= 15 is 0 Å². The summed E-state index contributed by atoms with van der Waals surface area (Å²) in [5.74, 6) is -1.45. The average Bonchev–Trinajstić information content (AvgIpc) is 2.85. The molecule has 0 bridgehead atoms. The highest BCUT2D eigenvalue weighted by atomic mass is 32.2. The summed E-state index contributed by atoms with van der Waals surface area (Å²) in [7, 11) is -3.00. The lowest BCUT2D eigenvalue weighted by Gasteiger charge is -2.06. The van der Waals surface area contributed by atoms with Gasteiger partial charge < -0.3 is 10.4 Å². The third-order valence-electron chi connectivity index (χ3n) is 2.88. The van der Waals surface area contributed by atoms with E-state index in [0.717, 1.165) is 0 Å². The Balaban J connectivity index is 1.89. The Labute approximate surface area is 109 Å². The quantitative estimate of drug-likeness (QED) is 0.707. The van der Waals surface area contributed by atoms with Crippen LogP contribution in [-0.4, -0.2) is 47.1 Å². The highest BCUT2D eigenvalue weighted by molar-refractivity contribution is 7.91. The molecule has 8 nitrogen and oxygen atoms in total. The number of rotatable bonds is 4. The van der Waals surface area contributed by atoms with Gasteiger partial charge in [0, 0.05) is 12.5 Å². The van der Waals surface area contributed by atoms with Crippen LogP contribution in [0.5, 0.6) is 0 Å². The summed E-state index contributed by atoms with van der Waals surface area (Å²) in [6, 6.07) is 1.20. The highest BCUT2D eigenvalue weighted by Gasteiger charge is 2.29. The van der Waals surface area contributed by atoms with Crippen LogP contribution in [0.3, 0.4) is 0 Å². The fourth-order valence-electron chi connectivity index (χ4n) is 1.98. The van der Waals surface area contributed by atoms with Crippen molar-refractivity contribution in [2.45, 2.75) is 12.8 Å². The summed E-state index contributed by atoms with van der Waals surface area (Å²) in [5.41, 5.74) is -0.126. The lowest BCUT2D eigenvalue weighted by atomic mass is 10.1. The minimum Gasteiger partial charge on any atom is -0.477 e. The molecule has 1 unspecified atom stereocenters. The highest BCUT2D eigenvalue weighted by Crippen LogP contribution is 2.22. The van der Waals surface area contributed by atoms with E-state index in [4.69, 9.17) is 5.11 Å². The minimum atomic E-state index is -3.00. The molecule has 19 heavy (non-hydrogen) atoms. The maximum atomic E-state index is 11.7. The molecule has 0 saturated carbocycles. The van der Waals surface area contributed by atoms with Gasteiger partial charge in [-0.2, -0.15) is 5.10 Å². The van der Waals surface area contributed by atoms with Crippen LogP contribution in [0, 0.1) is 5.92 Å². The van der Waals surface area contributed by atoms with E-state index in [1.165, 1.54) is 6.07 Å². The Morgan fingerprint density at radius 3 is 2.79 bits per heavy atom. The van der Waals surface area contributed by atoms with Gasteiger partial charge in [0.25, 0.3) is 0 Å². The summed E-state index contributed by atoms with van der Waals surface area (Å²) in [6.07, 6.45) is 0.575. The Kier molecular flexibility index (Phi) is 3.56. The Bertz CT molecular complexity index is 606. The maximum Gasteiger partial charge on any atom is 0.353 e. The number of aromatic nitrogens is 2. The molecule has 0 aromatic carbocycles. The Morgan fingerprint density at radius 1 is 1.53 bits per heavy atom. The second-order valence-electron chi connectivity index (χ2n) is 4.49. The summed E-state index contributed by atoms with van der Waals surface area (Å²) in [4.78, 5) is 22.3. The first-order chi connectivity index (χ1) is 8.85. The van der Waals surface area contributed by atoms with Crippen LogP contribution < -0.4 is 5.32 Å². The molecule has 1 amide bonds. The molecule has 1 aliphatic rings. The summed E-state index contributed by atoms with van der Waals surface area (Å²) >= 11 is 0. The topological polar surface area (TPSA) is 129 Å². The molecular formula is C10H13N3O5S. The van der Waals surface area contributed by atoms with E-state index in [1.807, 2.05) is 0 Å². The number of carboxylic acids is 1. The number of aromatic amines is 1. The number of anilines is 1. The van der Waals surface area contributed by atoms with Crippen LogP contribution >= 0.6 is 0 Å². The molecule has 2 heterocycles. The van der Waals surface area contributed by atoms with Gasteiger partial charge in [-0.15, -0.1) is 0 Å². The van der Waals surface area contributed by atoms with Crippen molar-refractivity contribution in [2.24, 2.45) is 5.92 Å². The standard InChI is InChI=1S/C10H13N3O5S/c14-9(3-6-1-2-19(17,18)5-6)11-8-4-7(10(15)16)12-13-8/h4,6H,1-3,5H2,(H,15,16)(H2,11,12,13,14). The van der Waals surface area contributed by atoms with Gasteiger partial charge in [0.2, 0.25) is 5.91 Å². The predicted octanol–water partition coefficient (Wildman–Crippen LogP) is -0.129. The molecule has 0 spiro atoms. The maximum absolute atomic E-state index is 11.7. The van der Waals surface area contributed by atoms with Gasteiger partial charge >= 0.3 is 5.97 Å². The van der Waals surface area contributed by atoms with Gasteiger partial charge in [0.1, 0.15) is 5.69 Å². The zero-order valence-corrected chi connectivity index (χ0v) is 10.7. The van der Waals surface area contributed by atoms with Gasteiger partial charge in [0.15, 0.2) is 15.7 Å². The molecule has 1 aromatic heterocycles. The van der Waals surface area contributed by atoms with Gasteiger partial charge in [-0.05, 0) is 12.3 Å². The van der Waals surface area contributed by atoms with Crippen LogP contribution in [0.25, 0.3) is 0 Å². The van der Waals surface area contributed by atoms with E-state index in [0.29, 0.717) is 6.42 Å². The number of sulfone groups is 1. The van der Waals surface area contributed by atoms with E-state index < -0.39 is 15.8 Å². The molecule has 2 rings (SSSR count). The molecule has 1 saturated heterocycles. The van der Waals surface area contributed by atoms with Gasteiger partial charge in [-0.3, -0.25) is 9.89 Å². The van der Waals surface area contributed by atoms with Crippen molar-refractivity contribution in [3.63, 3.8) is 0 Å². The van der Waals surface area contributed by atoms with Crippen LogP contribution in [-0.2, 0) is 14.6 Å². The smallest absolute Gasteiger partial charge is 0.353 e. The number of hydrogen-bond donors (Lipinski definition) is 3. The van der Waals surface area contributed by atoms with E-state index in [2.05, 4.69) is 15.5 Å². The molecule has 1 fully saturated rings. The summed E-state index contributed by atoms with van der Waals surface area (Å²) < 4.78 is 22.5. The van der Waals surface area contributed by atoms with Crippen molar-refractivity contribution < 1.29 is 23.1 Å². The first-order valence-corrected chi connectivity index (χ1v) is 7.47. The van der Waals surface area contributed by atoms with Crippen molar-refractivity contribution >= 4 is 27.5 Å². The van der Waals surface area contributed by atoms with E-state index in [1.54, 1.807) is 0 Å². The third-order valence-corrected chi connectivity index (χ3v) is 4.71. The second-order valence-corrected chi connectivity index (χ2v) is 6.72. The van der Waals surface area contributed by atoms with Crippen molar-refractivity contribution in [1.29, 1.82) is 0 Å². The number of carbonyl (C=O) groups is 2. The fraction of sp³-hybridized carbons (Fsp3) is 0.500. The SMILES string of the molecule is O=C(CC1CCS(=O)(=O)C1)Nc1cc(C(=O)O)[nH]n1. The molecular weight excluding hydrogens is 274 g/mol. The Morgan fingerprint density at radius 2 is 2.26 bits per heavy atom. The number of carbonyl (C=O) groups excluding carboxylic acids is 1. The molecule has 1 atom stereocenters. The average molecular weight is 287 g/mol. The molecule has 1 aromatic rings. The second kappa shape index (κ2) is 5.00. The first kappa shape index (κ1) is 13.5. The lowest BCUT2D eigenvalue weighted by Crippen LogP contribution is -2.17. The number of aromatic carboxylic acids is 1. The summed E-state index contributed by atoms with van der Waals surface area (Å²) in [5, 5.41) is 17.0. The number of carboxylic acid groups (broad SMARTS) is 1. The monoisotopic (exact) mass is 287 g/mol. The number of hydrogen-bond acceptors (Lipinski definition) is 5. The molecule has 104 valence electrons. The van der Waals surface area contributed by atoms with Crippen molar-refractivity contribution in [2.75, 3.05) is 16.8 Å². The van der Waals surface area contributed by atoms with Crippen molar-refractivity contribution in [3.8, 4) is 0 Å². The normalized spacial score (nSPS) is 21.2. The van der Waals surface area contributed by atoms with Crippen molar-refractivity contribution in [1.82, 2.24) is 10.2 Å². The van der Waals surface area contributed by atoms with Crippen LogP contribution in [0.1, 0.15) is 23.3 Å².